The second-order valence-corrected chi connectivity index (χ2v) is 6.83. The average Bonchev–Trinajstić information content (AvgIpc) is 3.19. The zero-order valence-electron chi connectivity index (χ0n) is 12.1. The molecule has 0 bridgehead atoms. The lowest BCUT2D eigenvalue weighted by atomic mass is 10.2. The van der Waals surface area contributed by atoms with Crippen LogP contribution in [0.1, 0.15) is 10.4 Å². The van der Waals surface area contributed by atoms with Crippen molar-refractivity contribution >= 4 is 22.7 Å². The smallest absolute Gasteiger partial charge is 0.124 e. The molecule has 1 N–H and O–H groups in total. The zero-order chi connectivity index (χ0) is 15.2. The molecule has 3 aromatic heterocycles. The highest BCUT2D eigenvalue weighted by molar-refractivity contribution is 7.15. The minimum absolute atomic E-state index is 0.149. The largest absolute Gasteiger partial charge is 0.395 e. The summed E-state index contributed by atoms with van der Waals surface area (Å²) in [5.41, 5.74) is 2.33. The maximum absolute atomic E-state index is 9.28. The van der Waals surface area contributed by atoms with Crippen molar-refractivity contribution in [3.8, 4) is 10.6 Å². The van der Waals surface area contributed by atoms with Crippen LogP contribution in [0.3, 0.4) is 0 Å². The fraction of sp³-hybridized carbons (Fsp3) is 0.250. The maximum atomic E-state index is 9.28. The van der Waals surface area contributed by atoms with Gasteiger partial charge in [-0.1, -0.05) is 6.07 Å². The van der Waals surface area contributed by atoms with Gasteiger partial charge in [0.2, 0.25) is 0 Å². The summed E-state index contributed by atoms with van der Waals surface area (Å²) in [5.74, 6) is 0. The highest BCUT2D eigenvalue weighted by atomic mass is 32.1. The van der Waals surface area contributed by atoms with E-state index in [9.17, 15) is 5.11 Å². The van der Waals surface area contributed by atoms with Gasteiger partial charge in [-0.2, -0.15) is 11.3 Å². The van der Waals surface area contributed by atoms with Crippen LogP contribution in [0, 0.1) is 0 Å². The van der Waals surface area contributed by atoms with E-state index in [0.29, 0.717) is 6.54 Å². The van der Waals surface area contributed by atoms with Crippen molar-refractivity contribution in [3.63, 3.8) is 0 Å². The summed E-state index contributed by atoms with van der Waals surface area (Å²) in [6.07, 6.45) is 5.58. The van der Waals surface area contributed by atoms with Crippen molar-refractivity contribution in [1.82, 2.24) is 14.9 Å². The van der Waals surface area contributed by atoms with E-state index in [1.165, 1.54) is 10.4 Å². The van der Waals surface area contributed by atoms with E-state index < -0.39 is 0 Å². The Kier molecular flexibility index (Phi) is 5.29. The second kappa shape index (κ2) is 7.60. The molecule has 0 saturated heterocycles. The number of pyridine rings is 1. The first-order valence-corrected chi connectivity index (χ1v) is 8.80. The molecular formula is C16H17N3OS2. The molecule has 6 heteroatoms. The Hall–Kier alpha value is -1.60. The van der Waals surface area contributed by atoms with Gasteiger partial charge in [-0.15, -0.1) is 11.3 Å². The van der Waals surface area contributed by atoms with E-state index in [1.54, 1.807) is 28.9 Å². The molecule has 0 fully saturated rings. The molecule has 114 valence electrons. The maximum Gasteiger partial charge on any atom is 0.124 e. The Morgan fingerprint density at radius 1 is 1.18 bits per heavy atom. The van der Waals surface area contributed by atoms with E-state index in [2.05, 4.69) is 37.8 Å². The van der Waals surface area contributed by atoms with Crippen LogP contribution < -0.4 is 0 Å². The van der Waals surface area contributed by atoms with Crippen molar-refractivity contribution in [2.24, 2.45) is 0 Å². The standard InChI is InChI=1S/C16H17N3OS2/c20-6-5-19(10-13-2-1-4-17-8-13)11-15-9-18-16(22-15)14-3-7-21-12-14/h1-4,7-9,12,20H,5-6,10-11H2. The molecule has 0 aliphatic carbocycles. The molecule has 3 rings (SSSR count). The molecule has 0 unspecified atom stereocenters. The molecule has 0 aliphatic rings. The minimum Gasteiger partial charge on any atom is -0.395 e. The summed E-state index contributed by atoms with van der Waals surface area (Å²) in [6.45, 7) is 2.36. The summed E-state index contributed by atoms with van der Waals surface area (Å²) >= 11 is 3.40. The van der Waals surface area contributed by atoms with Crippen LogP contribution in [0.15, 0.2) is 47.5 Å². The molecule has 0 saturated carbocycles. The number of rotatable bonds is 7. The van der Waals surface area contributed by atoms with Crippen LogP contribution in [-0.2, 0) is 13.1 Å². The van der Waals surface area contributed by atoms with Gasteiger partial charge in [0.15, 0.2) is 0 Å². The van der Waals surface area contributed by atoms with Crippen LogP contribution in [0.25, 0.3) is 10.6 Å². The summed E-state index contributed by atoms with van der Waals surface area (Å²) in [4.78, 5) is 12.1. The van der Waals surface area contributed by atoms with Gasteiger partial charge in [0.25, 0.3) is 0 Å². The number of thiophene rings is 1. The third kappa shape index (κ3) is 3.98. The monoisotopic (exact) mass is 331 g/mol. The Morgan fingerprint density at radius 3 is 2.86 bits per heavy atom. The fourth-order valence-electron chi connectivity index (χ4n) is 2.23. The number of aromatic nitrogens is 2. The number of nitrogens with zero attached hydrogens (tertiary/aromatic N) is 3. The molecule has 0 spiro atoms. The molecule has 3 heterocycles. The summed E-state index contributed by atoms with van der Waals surface area (Å²) < 4.78 is 0. The summed E-state index contributed by atoms with van der Waals surface area (Å²) in [7, 11) is 0. The fourth-order valence-corrected chi connectivity index (χ4v) is 3.89. The normalized spacial score (nSPS) is 11.2. The topological polar surface area (TPSA) is 49.2 Å². The van der Waals surface area contributed by atoms with Crippen molar-refractivity contribution in [3.05, 3.63) is 58.0 Å². The molecule has 3 aromatic rings. The van der Waals surface area contributed by atoms with Crippen LogP contribution in [0.4, 0.5) is 0 Å². The molecule has 0 aromatic carbocycles. The number of thiazole rings is 1. The van der Waals surface area contributed by atoms with Gasteiger partial charge in [-0.3, -0.25) is 9.88 Å². The lowest BCUT2D eigenvalue weighted by Crippen LogP contribution is -2.25. The third-order valence-electron chi connectivity index (χ3n) is 3.25. The molecule has 0 atom stereocenters. The first-order valence-electron chi connectivity index (χ1n) is 7.04. The van der Waals surface area contributed by atoms with E-state index in [0.717, 1.165) is 23.7 Å². The third-order valence-corrected chi connectivity index (χ3v) is 4.96. The van der Waals surface area contributed by atoms with E-state index in [-0.39, 0.29) is 6.61 Å². The van der Waals surface area contributed by atoms with Gasteiger partial charge in [0.1, 0.15) is 5.01 Å². The Morgan fingerprint density at radius 2 is 2.14 bits per heavy atom. The SMILES string of the molecule is OCCN(Cc1cccnc1)Cc1cnc(-c2ccsc2)s1. The van der Waals surface area contributed by atoms with Gasteiger partial charge >= 0.3 is 0 Å². The molecule has 4 nitrogen and oxygen atoms in total. The molecule has 0 radical (unpaired) electrons. The average molecular weight is 331 g/mol. The highest BCUT2D eigenvalue weighted by Gasteiger charge is 2.10. The highest BCUT2D eigenvalue weighted by Crippen LogP contribution is 2.27. The number of aliphatic hydroxyl groups is 1. The number of aliphatic hydroxyl groups excluding tert-OH is 1. The first-order chi connectivity index (χ1) is 10.8. The van der Waals surface area contributed by atoms with E-state index >= 15 is 0 Å². The van der Waals surface area contributed by atoms with Crippen LogP contribution >= 0.6 is 22.7 Å². The Labute approximate surface area is 137 Å². The van der Waals surface area contributed by atoms with Gasteiger partial charge in [-0.25, -0.2) is 4.98 Å². The Bertz CT molecular complexity index is 683. The van der Waals surface area contributed by atoms with Crippen molar-refractivity contribution in [2.45, 2.75) is 13.1 Å². The van der Waals surface area contributed by atoms with Gasteiger partial charge in [0.05, 0.1) is 6.61 Å². The first kappa shape index (κ1) is 15.3. The predicted molar refractivity (Wildman–Crippen MR) is 90.9 cm³/mol. The number of hydrogen-bond acceptors (Lipinski definition) is 6. The van der Waals surface area contributed by atoms with Crippen molar-refractivity contribution in [1.29, 1.82) is 0 Å². The lowest BCUT2D eigenvalue weighted by Gasteiger charge is -2.20. The van der Waals surface area contributed by atoms with Gasteiger partial charge < -0.3 is 5.11 Å². The molecular weight excluding hydrogens is 314 g/mol. The minimum atomic E-state index is 0.149. The van der Waals surface area contributed by atoms with Crippen LogP contribution in [0.5, 0.6) is 0 Å². The lowest BCUT2D eigenvalue weighted by molar-refractivity contribution is 0.185. The van der Waals surface area contributed by atoms with Crippen molar-refractivity contribution < 1.29 is 5.11 Å². The zero-order valence-corrected chi connectivity index (χ0v) is 13.7. The van der Waals surface area contributed by atoms with Crippen LogP contribution in [-0.4, -0.2) is 33.1 Å². The number of hydrogen-bond donors (Lipinski definition) is 1. The summed E-state index contributed by atoms with van der Waals surface area (Å²) in [5, 5.41) is 14.5. The van der Waals surface area contributed by atoms with Gasteiger partial charge in [0, 0.05) is 54.0 Å². The van der Waals surface area contributed by atoms with Crippen molar-refractivity contribution in [2.75, 3.05) is 13.2 Å². The summed E-state index contributed by atoms with van der Waals surface area (Å²) in [6, 6.07) is 6.09. The van der Waals surface area contributed by atoms with E-state index in [4.69, 9.17) is 0 Å². The molecule has 0 amide bonds. The van der Waals surface area contributed by atoms with E-state index in [1.807, 2.05) is 18.5 Å². The molecule has 0 aliphatic heterocycles. The quantitative estimate of drug-likeness (QED) is 0.722. The van der Waals surface area contributed by atoms with Gasteiger partial charge in [-0.05, 0) is 23.1 Å². The second-order valence-electron chi connectivity index (χ2n) is 4.94. The predicted octanol–water partition coefficient (Wildman–Crippen LogP) is 3.26. The van der Waals surface area contributed by atoms with Crippen LogP contribution in [0.2, 0.25) is 0 Å². The molecule has 22 heavy (non-hydrogen) atoms. The Balaban J connectivity index is 1.68.